The maximum absolute atomic E-state index is 13.7. The van der Waals surface area contributed by atoms with Crippen LogP contribution >= 0.6 is 0 Å². The summed E-state index contributed by atoms with van der Waals surface area (Å²) in [7, 11) is 0. The van der Waals surface area contributed by atoms with Crippen molar-refractivity contribution in [2.24, 2.45) is 5.92 Å². The molecule has 2 unspecified atom stereocenters. The van der Waals surface area contributed by atoms with Crippen molar-refractivity contribution in [1.29, 1.82) is 0 Å². The second-order valence-electron chi connectivity index (χ2n) is 9.94. The summed E-state index contributed by atoms with van der Waals surface area (Å²) < 4.78 is 10.8. The van der Waals surface area contributed by atoms with Gasteiger partial charge in [-0.15, -0.1) is 0 Å². The number of benzene rings is 1. The molecule has 0 bridgehead atoms. The van der Waals surface area contributed by atoms with Crippen LogP contribution in [0.5, 0.6) is 0 Å². The number of carbonyl (C=O) groups is 3. The molecule has 1 aliphatic heterocycles. The summed E-state index contributed by atoms with van der Waals surface area (Å²) in [5.74, 6) is -3.09. The molecule has 2 atom stereocenters. The highest BCUT2D eigenvalue weighted by molar-refractivity contribution is 6.03. The number of nitro groups is 1. The zero-order valence-corrected chi connectivity index (χ0v) is 22.1. The monoisotopic (exact) mass is 501 g/mol. The Hall–Kier alpha value is -3.69. The van der Waals surface area contributed by atoms with Gasteiger partial charge in [-0.25, -0.2) is 9.59 Å². The fourth-order valence-corrected chi connectivity index (χ4v) is 4.01. The summed E-state index contributed by atoms with van der Waals surface area (Å²) in [6.45, 7) is 13.9. The minimum Gasteiger partial charge on any atom is -0.463 e. The van der Waals surface area contributed by atoms with E-state index in [1.54, 1.807) is 61.5 Å². The molecule has 36 heavy (non-hydrogen) atoms. The molecule has 196 valence electrons. The smallest absolute Gasteiger partial charge is 0.336 e. The lowest BCUT2D eigenvalue weighted by Crippen LogP contribution is -2.49. The van der Waals surface area contributed by atoms with Crippen molar-refractivity contribution in [3.63, 3.8) is 0 Å². The molecule has 10 nitrogen and oxygen atoms in total. The highest BCUT2D eigenvalue weighted by Gasteiger charge is 2.39. The van der Waals surface area contributed by atoms with Crippen molar-refractivity contribution in [3.8, 4) is 0 Å². The van der Waals surface area contributed by atoms with E-state index in [0.717, 1.165) is 0 Å². The van der Waals surface area contributed by atoms with Crippen LogP contribution in [0.15, 0.2) is 46.8 Å². The minimum atomic E-state index is -0.961. The third-order valence-electron chi connectivity index (χ3n) is 5.53. The lowest BCUT2D eigenvalue weighted by molar-refractivity contribution is -0.384. The molecule has 0 saturated heterocycles. The Bertz CT molecular complexity index is 1110. The highest BCUT2D eigenvalue weighted by Crippen LogP contribution is 2.39. The Balaban J connectivity index is 2.61. The number of nitrogens with one attached hydrogen (secondary N) is 2. The molecular weight excluding hydrogens is 466 g/mol. The van der Waals surface area contributed by atoms with Crippen LogP contribution in [-0.2, 0) is 23.9 Å². The van der Waals surface area contributed by atoms with Gasteiger partial charge in [0, 0.05) is 29.1 Å². The zero-order chi connectivity index (χ0) is 27.4. The molecule has 0 radical (unpaired) electrons. The van der Waals surface area contributed by atoms with Gasteiger partial charge in [0.25, 0.3) is 11.6 Å². The maximum Gasteiger partial charge on any atom is 0.336 e. The number of allylic oxidation sites excluding steroid dienone is 2. The first kappa shape index (κ1) is 28.5. The summed E-state index contributed by atoms with van der Waals surface area (Å²) >= 11 is 0. The van der Waals surface area contributed by atoms with Crippen LogP contribution in [0.4, 0.5) is 5.69 Å². The number of carbonyl (C=O) groups excluding carboxylic acids is 3. The highest BCUT2D eigenvalue weighted by atomic mass is 16.6. The minimum absolute atomic E-state index is 0.107. The number of amides is 1. The topological polar surface area (TPSA) is 137 Å². The molecule has 0 spiro atoms. The van der Waals surface area contributed by atoms with Crippen LogP contribution in [0.2, 0.25) is 0 Å². The van der Waals surface area contributed by atoms with Crippen molar-refractivity contribution in [1.82, 2.24) is 10.6 Å². The van der Waals surface area contributed by atoms with Crippen LogP contribution in [0.1, 0.15) is 66.9 Å². The third kappa shape index (κ3) is 6.71. The molecule has 1 aromatic rings. The normalized spacial score (nSPS) is 16.9. The molecule has 10 heteroatoms. The zero-order valence-electron chi connectivity index (χ0n) is 22.1. The van der Waals surface area contributed by atoms with Gasteiger partial charge in [-0.1, -0.05) is 26.0 Å². The first-order chi connectivity index (χ1) is 16.7. The quantitative estimate of drug-likeness (QED) is 0.311. The van der Waals surface area contributed by atoms with Crippen molar-refractivity contribution in [2.75, 3.05) is 6.61 Å². The van der Waals surface area contributed by atoms with E-state index in [-0.39, 0.29) is 29.4 Å². The van der Waals surface area contributed by atoms with Crippen molar-refractivity contribution < 1.29 is 28.8 Å². The number of non-ortho nitro benzene ring substituents is 1. The number of hydrogen-bond donors (Lipinski definition) is 2. The SMILES string of the molecule is CCOC(=O)C1=C(C)NC(C)=C(C(=O)NC(C(=O)OC(C)(C)C)C(C)C)C1c1cccc([N+](=O)[O-])c1. The van der Waals surface area contributed by atoms with Crippen LogP contribution in [0.25, 0.3) is 0 Å². The van der Waals surface area contributed by atoms with Crippen LogP contribution < -0.4 is 10.6 Å². The molecule has 0 aromatic heterocycles. The molecule has 1 aromatic carbocycles. The molecule has 0 aliphatic carbocycles. The number of nitrogens with zero attached hydrogens (tertiary/aromatic N) is 1. The standard InChI is InChI=1S/C26H35N3O7/c1-9-35-24(31)20-16(5)27-15(4)19(21(20)17-11-10-12-18(13-17)29(33)34)23(30)28-22(14(2)3)25(32)36-26(6,7)8/h10-14,21-22,27H,9H2,1-8H3,(H,28,30). The molecule has 2 rings (SSSR count). The van der Waals surface area contributed by atoms with Gasteiger partial charge in [0.05, 0.1) is 23.0 Å². The van der Waals surface area contributed by atoms with Gasteiger partial charge in [-0.3, -0.25) is 14.9 Å². The average Bonchev–Trinajstić information content (AvgIpc) is 2.75. The summed E-state index contributed by atoms with van der Waals surface area (Å²) in [6, 6.07) is 4.82. The molecule has 1 amide bonds. The van der Waals surface area contributed by atoms with Crippen molar-refractivity contribution in [3.05, 3.63) is 62.5 Å². The predicted molar refractivity (Wildman–Crippen MR) is 134 cm³/mol. The van der Waals surface area contributed by atoms with E-state index in [1.165, 1.54) is 18.2 Å². The summed E-state index contributed by atoms with van der Waals surface area (Å²) in [4.78, 5) is 50.5. The molecule has 1 heterocycles. The number of dihydropyridines is 1. The van der Waals surface area contributed by atoms with E-state index in [9.17, 15) is 24.5 Å². The number of ether oxygens (including phenoxy) is 2. The van der Waals surface area contributed by atoms with Crippen LogP contribution in [-0.4, -0.2) is 41.0 Å². The number of nitro benzene ring substituents is 1. The van der Waals surface area contributed by atoms with E-state index in [0.29, 0.717) is 17.0 Å². The van der Waals surface area contributed by atoms with Crippen molar-refractivity contribution >= 4 is 23.5 Å². The average molecular weight is 502 g/mol. The van der Waals surface area contributed by atoms with Crippen LogP contribution in [0, 0.1) is 16.0 Å². The largest absolute Gasteiger partial charge is 0.463 e. The van der Waals surface area contributed by atoms with E-state index < -0.39 is 40.3 Å². The van der Waals surface area contributed by atoms with E-state index >= 15 is 0 Å². The second kappa shape index (κ2) is 11.4. The van der Waals surface area contributed by atoms with Crippen LogP contribution in [0.3, 0.4) is 0 Å². The van der Waals surface area contributed by atoms with Crippen molar-refractivity contribution in [2.45, 2.75) is 73.0 Å². The Morgan fingerprint density at radius 1 is 1.14 bits per heavy atom. The van der Waals surface area contributed by atoms with Gasteiger partial charge in [-0.2, -0.15) is 0 Å². The predicted octanol–water partition coefficient (Wildman–Crippen LogP) is 3.88. The maximum atomic E-state index is 13.7. The number of esters is 2. The summed E-state index contributed by atoms with van der Waals surface area (Å²) in [5, 5.41) is 17.3. The van der Waals surface area contributed by atoms with Gasteiger partial charge in [0.2, 0.25) is 0 Å². The van der Waals surface area contributed by atoms with Gasteiger partial charge in [-0.05, 0) is 53.0 Å². The third-order valence-corrected chi connectivity index (χ3v) is 5.53. The molecule has 0 fully saturated rings. The Morgan fingerprint density at radius 2 is 1.75 bits per heavy atom. The Kier molecular flexibility index (Phi) is 9.01. The fraction of sp³-hybridized carbons (Fsp3) is 0.500. The Labute approximate surface area is 211 Å². The summed E-state index contributed by atoms with van der Waals surface area (Å²) in [6.07, 6.45) is 0. The first-order valence-electron chi connectivity index (χ1n) is 11.8. The van der Waals surface area contributed by atoms with Gasteiger partial charge in [0.1, 0.15) is 11.6 Å². The molecule has 1 aliphatic rings. The number of rotatable bonds is 8. The second-order valence-corrected chi connectivity index (χ2v) is 9.94. The Morgan fingerprint density at radius 3 is 2.28 bits per heavy atom. The molecule has 2 N–H and O–H groups in total. The lowest BCUT2D eigenvalue weighted by Gasteiger charge is -2.32. The molecule has 0 saturated carbocycles. The van der Waals surface area contributed by atoms with Gasteiger partial charge in [0.15, 0.2) is 0 Å². The molecular formula is C26H35N3O7. The van der Waals surface area contributed by atoms with Gasteiger partial charge >= 0.3 is 11.9 Å². The van der Waals surface area contributed by atoms with E-state index in [2.05, 4.69) is 10.6 Å². The first-order valence-corrected chi connectivity index (χ1v) is 11.8. The number of hydrogen-bond acceptors (Lipinski definition) is 8. The summed E-state index contributed by atoms with van der Waals surface area (Å²) in [5.41, 5.74) is 0.658. The lowest BCUT2D eigenvalue weighted by atomic mass is 9.79. The fourth-order valence-electron chi connectivity index (χ4n) is 4.01. The van der Waals surface area contributed by atoms with E-state index in [1.807, 2.05) is 0 Å². The van der Waals surface area contributed by atoms with E-state index in [4.69, 9.17) is 9.47 Å². The van der Waals surface area contributed by atoms with Gasteiger partial charge < -0.3 is 20.1 Å².